The molecule has 2 heterocycles. The summed E-state index contributed by atoms with van der Waals surface area (Å²) in [6.07, 6.45) is 7.60. The van der Waals surface area contributed by atoms with Crippen LogP contribution >= 0.6 is 0 Å². The summed E-state index contributed by atoms with van der Waals surface area (Å²) in [5.41, 5.74) is 8.47. The van der Waals surface area contributed by atoms with Crippen LogP contribution in [0.15, 0.2) is 23.3 Å². The van der Waals surface area contributed by atoms with E-state index in [1.807, 2.05) is 12.3 Å². The molecule has 0 spiro atoms. The van der Waals surface area contributed by atoms with Gasteiger partial charge < -0.3 is 20.1 Å². The Kier molecular flexibility index (Phi) is 4.84. The molecule has 2 aliphatic heterocycles. The predicted molar refractivity (Wildman–Crippen MR) is 106 cm³/mol. The molecule has 1 saturated carbocycles. The van der Waals surface area contributed by atoms with Crippen LogP contribution in [0.4, 0.5) is 10.1 Å². The summed E-state index contributed by atoms with van der Waals surface area (Å²) in [5.74, 6) is 0.731. The number of alkyl halides is 1. The fourth-order valence-corrected chi connectivity index (χ4v) is 3.59. The molecular formula is C21H28FN3O2. The number of hydrogen-bond donors (Lipinski definition) is 1. The van der Waals surface area contributed by atoms with E-state index >= 15 is 0 Å². The molecule has 5 nitrogen and oxygen atoms in total. The smallest absolute Gasteiger partial charge is 0.190 e. The Bertz CT molecular complexity index is 769. The molecule has 0 amide bonds. The van der Waals surface area contributed by atoms with Crippen LogP contribution in [0.2, 0.25) is 0 Å². The Morgan fingerprint density at radius 1 is 1.41 bits per heavy atom. The Balaban J connectivity index is 1.70. The molecule has 1 atom stereocenters. The largest absolute Gasteiger partial charge is 0.489 e. The Morgan fingerprint density at radius 3 is 2.81 bits per heavy atom. The number of aliphatic imine (C=N–C) groups is 1. The molecule has 2 N–H and O–H groups in total. The summed E-state index contributed by atoms with van der Waals surface area (Å²) in [5, 5.41) is 0. The summed E-state index contributed by atoms with van der Waals surface area (Å²) >= 11 is 0. The van der Waals surface area contributed by atoms with E-state index in [-0.39, 0.29) is 19.8 Å². The molecule has 146 valence electrons. The maximum Gasteiger partial charge on any atom is 0.190 e. The second kappa shape index (κ2) is 7.15. The molecule has 1 aromatic rings. The average Bonchev–Trinajstić information content (AvgIpc) is 3.46. The lowest BCUT2D eigenvalue weighted by atomic mass is 9.92. The number of ether oxygens (including phenoxy) is 2. The van der Waals surface area contributed by atoms with Gasteiger partial charge >= 0.3 is 0 Å². The molecule has 4 rings (SSSR count). The van der Waals surface area contributed by atoms with Crippen molar-refractivity contribution in [3.63, 3.8) is 0 Å². The number of anilines is 1. The Hall–Kier alpha value is -2.08. The van der Waals surface area contributed by atoms with Gasteiger partial charge in [-0.2, -0.15) is 0 Å². The summed E-state index contributed by atoms with van der Waals surface area (Å²) in [6, 6.07) is 5.00. The molecule has 1 saturated heterocycles. The minimum Gasteiger partial charge on any atom is -0.489 e. The van der Waals surface area contributed by atoms with Gasteiger partial charge in [-0.05, 0) is 44.7 Å². The predicted octanol–water partition coefficient (Wildman–Crippen LogP) is 3.11. The van der Waals surface area contributed by atoms with Gasteiger partial charge in [-0.15, -0.1) is 0 Å². The van der Waals surface area contributed by atoms with Gasteiger partial charge in [0.15, 0.2) is 5.67 Å². The summed E-state index contributed by atoms with van der Waals surface area (Å²) in [4.78, 5) is 6.83. The number of halogens is 1. The minimum absolute atomic E-state index is 0.00661. The van der Waals surface area contributed by atoms with Gasteiger partial charge in [-0.1, -0.05) is 0 Å². The molecule has 0 radical (unpaired) electrons. The van der Waals surface area contributed by atoms with Crippen LogP contribution in [0.5, 0.6) is 5.75 Å². The first-order valence-corrected chi connectivity index (χ1v) is 9.74. The first-order valence-electron chi connectivity index (χ1n) is 9.74. The molecule has 1 unspecified atom stereocenters. The van der Waals surface area contributed by atoms with E-state index in [1.165, 1.54) is 0 Å². The summed E-state index contributed by atoms with van der Waals surface area (Å²) in [7, 11) is 2.09. The van der Waals surface area contributed by atoms with Gasteiger partial charge in [0.25, 0.3) is 0 Å². The van der Waals surface area contributed by atoms with E-state index in [2.05, 4.69) is 29.9 Å². The highest BCUT2D eigenvalue weighted by Crippen LogP contribution is 2.41. The normalized spacial score (nSPS) is 24.6. The standard InChI is InChI=1S/C21H28FN3O2/c1-14-3-6-18-19(25(14)2)8-7-17(15(9-23)10-24-16-4-5-16)20(18)27-13-21(22)11-26-12-21/h7-10,14,16H,3-6,11-13,23H2,1-2H3. The third kappa shape index (κ3) is 3.68. The van der Waals surface area contributed by atoms with Crippen molar-refractivity contribution in [2.45, 2.75) is 50.4 Å². The van der Waals surface area contributed by atoms with Crippen molar-refractivity contribution in [1.82, 2.24) is 0 Å². The van der Waals surface area contributed by atoms with Gasteiger partial charge in [0.1, 0.15) is 12.4 Å². The molecule has 1 aromatic carbocycles. The van der Waals surface area contributed by atoms with Crippen LogP contribution < -0.4 is 15.4 Å². The highest BCUT2D eigenvalue weighted by atomic mass is 19.1. The first kappa shape index (κ1) is 18.3. The zero-order valence-electron chi connectivity index (χ0n) is 16.1. The topological polar surface area (TPSA) is 60.1 Å². The van der Waals surface area contributed by atoms with E-state index in [1.54, 1.807) is 6.20 Å². The number of benzene rings is 1. The molecule has 27 heavy (non-hydrogen) atoms. The van der Waals surface area contributed by atoms with Crippen LogP contribution in [0, 0.1) is 0 Å². The number of rotatable bonds is 6. The van der Waals surface area contributed by atoms with Crippen molar-refractivity contribution >= 4 is 17.5 Å². The van der Waals surface area contributed by atoms with Crippen molar-refractivity contribution in [3.05, 3.63) is 29.5 Å². The lowest BCUT2D eigenvalue weighted by Gasteiger charge is -2.37. The molecule has 6 heteroatoms. The Labute approximate surface area is 160 Å². The van der Waals surface area contributed by atoms with Crippen molar-refractivity contribution in [1.29, 1.82) is 0 Å². The minimum atomic E-state index is -1.40. The third-order valence-corrected chi connectivity index (χ3v) is 5.75. The van der Waals surface area contributed by atoms with Crippen LogP contribution in [-0.2, 0) is 11.2 Å². The zero-order chi connectivity index (χ0) is 19.0. The second-order valence-corrected chi connectivity index (χ2v) is 8.00. The number of nitrogens with zero attached hydrogens (tertiary/aromatic N) is 2. The lowest BCUT2D eigenvalue weighted by Crippen LogP contribution is -2.50. The maximum absolute atomic E-state index is 14.5. The van der Waals surface area contributed by atoms with Gasteiger partial charge in [0.05, 0.1) is 19.3 Å². The first-order chi connectivity index (χ1) is 13.0. The number of fused-ring (bicyclic) bond motifs is 1. The molecular weight excluding hydrogens is 345 g/mol. The van der Waals surface area contributed by atoms with Crippen molar-refractivity contribution in [2.75, 3.05) is 31.8 Å². The molecule has 3 aliphatic rings. The molecule has 1 aliphatic carbocycles. The number of nitrogens with two attached hydrogens (primary N) is 1. The van der Waals surface area contributed by atoms with Gasteiger partial charge in [0.2, 0.25) is 0 Å². The molecule has 0 aromatic heterocycles. The van der Waals surface area contributed by atoms with E-state index < -0.39 is 5.67 Å². The fourth-order valence-electron chi connectivity index (χ4n) is 3.59. The fraction of sp³-hybridized carbons (Fsp3) is 0.571. The molecule has 2 fully saturated rings. The van der Waals surface area contributed by atoms with E-state index in [0.717, 1.165) is 53.8 Å². The summed E-state index contributed by atoms with van der Waals surface area (Å²) < 4.78 is 25.6. The average molecular weight is 373 g/mol. The highest BCUT2D eigenvalue weighted by molar-refractivity contribution is 6.11. The van der Waals surface area contributed by atoms with Crippen LogP contribution in [0.1, 0.15) is 37.3 Å². The maximum atomic E-state index is 14.5. The van der Waals surface area contributed by atoms with Crippen molar-refractivity contribution < 1.29 is 13.9 Å². The quantitative estimate of drug-likeness (QED) is 0.779. The van der Waals surface area contributed by atoms with Gasteiger partial charge in [-0.3, -0.25) is 4.99 Å². The van der Waals surface area contributed by atoms with Crippen LogP contribution in [0.3, 0.4) is 0 Å². The van der Waals surface area contributed by atoms with Crippen LogP contribution in [-0.4, -0.2) is 50.8 Å². The van der Waals surface area contributed by atoms with Gasteiger partial charge in [0, 0.05) is 47.9 Å². The third-order valence-electron chi connectivity index (χ3n) is 5.75. The van der Waals surface area contributed by atoms with Crippen molar-refractivity contribution in [2.24, 2.45) is 10.7 Å². The molecule has 0 bridgehead atoms. The van der Waals surface area contributed by atoms with Crippen LogP contribution in [0.25, 0.3) is 5.57 Å². The zero-order valence-corrected chi connectivity index (χ0v) is 16.1. The number of hydrogen-bond acceptors (Lipinski definition) is 5. The summed E-state index contributed by atoms with van der Waals surface area (Å²) in [6.45, 7) is 2.40. The SMILES string of the molecule is CC1CCc2c(ccc(C(C=NC3CC3)=CN)c2OCC2(F)COC2)N1C. The lowest BCUT2D eigenvalue weighted by molar-refractivity contribution is -0.146. The van der Waals surface area contributed by atoms with E-state index in [0.29, 0.717) is 12.1 Å². The van der Waals surface area contributed by atoms with E-state index in [4.69, 9.17) is 15.2 Å². The highest BCUT2D eigenvalue weighted by Gasteiger charge is 2.40. The second-order valence-electron chi connectivity index (χ2n) is 8.00. The van der Waals surface area contributed by atoms with Crippen molar-refractivity contribution in [3.8, 4) is 5.75 Å². The monoisotopic (exact) mass is 373 g/mol. The van der Waals surface area contributed by atoms with E-state index in [9.17, 15) is 4.39 Å². The van der Waals surface area contributed by atoms with Gasteiger partial charge in [-0.25, -0.2) is 4.39 Å². The number of allylic oxidation sites excluding steroid dienone is 1. The Morgan fingerprint density at radius 2 is 2.19 bits per heavy atom.